The number of nitrogens with zero attached hydrogens (tertiary/aromatic N) is 2. The molecule has 1 saturated heterocycles. The van der Waals surface area contributed by atoms with Crippen LogP contribution in [0.5, 0.6) is 0 Å². The molecule has 128 valence electrons. The molecule has 1 aliphatic heterocycles. The smallest absolute Gasteiger partial charge is 0.266 e. The second-order valence-electron chi connectivity index (χ2n) is 5.99. The Bertz CT molecular complexity index is 1050. The molecule has 0 unspecified atom stereocenters. The highest BCUT2D eigenvalue weighted by Crippen LogP contribution is 2.25. The number of rotatable bonds is 2. The van der Waals surface area contributed by atoms with Crippen molar-refractivity contribution in [1.29, 1.82) is 0 Å². The van der Waals surface area contributed by atoms with Crippen molar-refractivity contribution in [2.24, 2.45) is 0 Å². The summed E-state index contributed by atoms with van der Waals surface area (Å²) < 4.78 is 2.91. The quantitative estimate of drug-likeness (QED) is 0.629. The maximum absolute atomic E-state index is 13.1. The zero-order chi connectivity index (χ0) is 17.4. The number of benzene rings is 2. The molecule has 0 spiro atoms. The van der Waals surface area contributed by atoms with Gasteiger partial charge >= 0.3 is 0 Å². The Morgan fingerprint density at radius 1 is 1.04 bits per heavy atom. The van der Waals surface area contributed by atoms with E-state index >= 15 is 0 Å². The average Bonchev–Trinajstić information content (AvgIpc) is 2.62. The standard InChI is InChI=1S/C18H17BrN4OS/c19-12-5-6-13-14(11-12)21-18(25)23(17(13)24)16-4-2-1-3-15(16)22-9-7-20-8-10-22/h1-6,11,20H,7-10H2,(H,21,25). The van der Waals surface area contributed by atoms with Crippen LogP contribution in [-0.2, 0) is 0 Å². The lowest BCUT2D eigenvalue weighted by Gasteiger charge is -2.31. The van der Waals surface area contributed by atoms with E-state index in [-0.39, 0.29) is 5.56 Å². The minimum Gasteiger partial charge on any atom is -0.367 e. The van der Waals surface area contributed by atoms with E-state index < -0.39 is 0 Å². The van der Waals surface area contributed by atoms with Crippen molar-refractivity contribution < 1.29 is 0 Å². The van der Waals surface area contributed by atoms with Gasteiger partial charge in [-0.1, -0.05) is 28.1 Å². The van der Waals surface area contributed by atoms with Crippen LogP contribution in [0.15, 0.2) is 51.7 Å². The van der Waals surface area contributed by atoms with Crippen LogP contribution >= 0.6 is 28.1 Å². The van der Waals surface area contributed by atoms with E-state index in [2.05, 4.69) is 31.1 Å². The van der Waals surface area contributed by atoms with Crippen molar-refractivity contribution in [3.05, 3.63) is 62.1 Å². The van der Waals surface area contributed by atoms with Crippen LogP contribution in [-0.4, -0.2) is 35.7 Å². The number of nitrogens with one attached hydrogen (secondary N) is 2. The highest BCUT2D eigenvalue weighted by Gasteiger charge is 2.17. The van der Waals surface area contributed by atoms with Crippen LogP contribution in [0.2, 0.25) is 0 Å². The summed E-state index contributed by atoms with van der Waals surface area (Å²) in [6.07, 6.45) is 0. The third-order valence-electron chi connectivity index (χ3n) is 4.44. The van der Waals surface area contributed by atoms with E-state index in [1.54, 1.807) is 4.57 Å². The van der Waals surface area contributed by atoms with Gasteiger partial charge in [0.25, 0.3) is 5.56 Å². The molecule has 7 heteroatoms. The summed E-state index contributed by atoms with van der Waals surface area (Å²) in [4.78, 5) is 18.6. The number of fused-ring (bicyclic) bond motifs is 1. The van der Waals surface area contributed by atoms with Crippen LogP contribution in [0.4, 0.5) is 5.69 Å². The van der Waals surface area contributed by atoms with Gasteiger partial charge in [0.05, 0.1) is 22.3 Å². The molecule has 2 heterocycles. The Balaban J connectivity index is 1.95. The van der Waals surface area contributed by atoms with E-state index in [1.807, 2.05) is 42.5 Å². The molecule has 0 aliphatic carbocycles. The van der Waals surface area contributed by atoms with Gasteiger partial charge in [0.1, 0.15) is 0 Å². The number of aromatic nitrogens is 2. The Kier molecular flexibility index (Phi) is 4.45. The van der Waals surface area contributed by atoms with Crippen molar-refractivity contribution >= 4 is 44.7 Å². The lowest BCUT2D eigenvalue weighted by molar-refractivity contribution is 0.588. The van der Waals surface area contributed by atoms with Crippen LogP contribution < -0.4 is 15.8 Å². The Morgan fingerprint density at radius 3 is 2.52 bits per heavy atom. The van der Waals surface area contributed by atoms with Gasteiger partial charge in [-0.2, -0.15) is 0 Å². The van der Waals surface area contributed by atoms with E-state index in [4.69, 9.17) is 12.2 Å². The lowest BCUT2D eigenvalue weighted by atomic mass is 10.2. The van der Waals surface area contributed by atoms with Crippen LogP contribution in [0, 0.1) is 4.77 Å². The highest BCUT2D eigenvalue weighted by molar-refractivity contribution is 9.10. The second kappa shape index (κ2) is 6.74. The molecule has 2 N–H and O–H groups in total. The molecular weight excluding hydrogens is 400 g/mol. The second-order valence-corrected chi connectivity index (χ2v) is 7.29. The summed E-state index contributed by atoms with van der Waals surface area (Å²) in [5, 5.41) is 3.97. The van der Waals surface area contributed by atoms with Gasteiger partial charge in [0, 0.05) is 30.7 Å². The highest BCUT2D eigenvalue weighted by atomic mass is 79.9. The zero-order valence-electron chi connectivity index (χ0n) is 13.5. The topological polar surface area (TPSA) is 53.1 Å². The minimum absolute atomic E-state index is 0.103. The number of hydrogen-bond donors (Lipinski definition) is 2. The third-order valence-corrected chi connectivity index (χ3v) is 5.22. The van der Waals surface area contributed by atoms with Gasteiger partial charge in [0.2, 0.25) is 0 Å². The molecule has 25 heavy (non-hydrogen) atoms. The Hall–Kier alpha value is -1.96. The van der Waals surface area contributed by atoms with E-state index in [0.29, 0.717) is 10.2 Å². The average molecular weight is 417 g/mol. The fourth-order valence-corrected chi connectivity index (χ4v) is 3.89. The summed E-state index contributed by atoms with van der Waals surface area (Å²) in [7, 11) is 0. The fraction of sp³-hybridized carbons (Fsp3) is 0.222. The van der Waals surface area contributed by atoms with Gasteiger partial charge in [0.15, 0.2) is 4.77 Å². The van der Waals surface area contributed by atoms with Crippen LogP contribution in [0.25, 0.3) is 16.6 Å². The van der Waals surface area contributed by atoms with Gasteiger partial charge < -0.3 is 15.2 Å². The summed E-state index contributed by atoms with van der Waals surface area (Å²) in [6, 6.07) is 13.5. The monoisotopic (exact) mass is 416 g/mol. The number of hydrogen-bond acceptors (Lipinski definition) is 4. The predicted molar refractivity (Wildman–Crippen MR) is 108 cm³/mol. The molecule has 1 aliphatic rings. The predicted octanol–water partition coefficient (Wildman–Crippen LogP) is 3.22. The molecule has 0 saturated carbocycles. The third kappa shape index (κ3) is 3.03. The van der Waals surface area contributed by atoms with Crippen molar-refractivity contribution in [2.75, 3.05) is 31.1 Å². The zero-order valence-corrected chi connectivity index (χ0v) is 15.9. The largest absolute Gasteiger partial charge is 0.367 e. The fourth-order valence-electron chi connectivity index (χ4n) is 3.24. The van der Waals surface area contributed by atoms with Crippen LogP contribution in [0.3, 0.4) is 0 Å². The number of para-hydroxylation sites is 2. The number of H-pyrrole nitrogens is 1. The van der Waals surface area contributed by atoms with Gasteiger partial charge in [-0.15, -0.1) is 0 Å². The maximum Gasteiger partial charge on any atom is 0.266 e. The molecule has 1 aromatic heterocycles. The van der Waals surface area contributed by atoms with Gasteiger partial charge in [-0.25, -0.2) is 0 Å². The number of anilines is 1. The molecule has 1 fully saturated rings. The summed E-state index contributed by atoms with van der Waals surface area (Å²) in [5.74, 6) is 0. The SMILES string of the molecule is O=c1c2ccc(Br)cc2[nH]c(=S)n1-c1ccccc1N1CCNCC1. The van der Waals surface area contributed by atoms with E-state index in [1.165, 1.54) is 0 Å². The number of piperazine rings is 1. The van der Waals surface area contributed by atoms with Crippen molar-refractivity contribution in [2.45, 2.75) is 0 Å². The molecule has 0 amide bonds. The molecule has 0 radical (unpaired) electrons. The lowest BCUT2D eigenvalue weighted by Crippen LogP contribution is -2.44. The number of aromatic amines is 1. The van der Waals surface area contributed by atoms with Crippen LogP contribution in [0.1, 0.15) is 0 Å². The summed E-state index contributed by atoms with van der Waals surface area (Å²) >= 11 is 8.95. The molecule has 2 aromatic carbocycles. The Labute approximate surface area is 158 Å². The molecule has 3 aromatic rings. The summed E-state index contributed by atoms with van der Waals surface area (Å²) in [6.45, 7) is 3.68. The van der Waals surface area contributed by atoms with Crippen molar-refractivity contribution in [3.8, 4) is 5.69 Å². The first-order valence-corrected chi connectivity index (χ1v) is 9.35. The van der Waals surface area contributed by atoms with E-state index in [0.717, 1.165) is 47.5 Å². The van der Waals surface area contributed by atoms with Gasteiger partial charge in [-0.05, 0) is 42.5 Å². The molecule has 4 rings (SSSR count). The molecule has 0 atom stereocenters. The first kappa shape index (κ1) is 16.5. The minimum atomic E-state index is -0.103. The first-order valence-electron chi connectivity index (χ1n) is 8.15. The molecule has 0 bridgehead atoms. The first-order chi connectivity index (χ1) is 12.1. The van der Waals surface area contributed by atoms with Crippen molar-refractivity contribution in [3.63, 3.8) is 0 Å². The Morgan fingerprint density at radius 2 is 1.76 bits per heavy atom. The normalized spacial score (nSPS) is 14.8. The molecule has 5 nitrogen and oxygen atoms in total. The summed E-state index contributed by atoms with van der Waals surface area (Å²) in [5.41, 5.74) is 2.48. The number of halogens is 1. The van der Waals surface area contributed by atoms with Gasteiger partial charge in [-0.3, -0.25) is 9.36 Å². The maximum atomic E-state index is 13.1. The van der Waals surface area contributed by atoms with Crippen molar-refractivity contribution in [1.82, 2.24) is 14.9 Å². The van der Waals surface area contributed by atoms with E-state index in [9.17, 15) is 4.79 Å². The molecular formula is C18H17BrN4OS.